The zero-order valence-corrected chi connectivity index (χ0v) is 13.0. The van der Waals surface area contributed by atoms with Crippen molar-refractivity contribution in [2.24, 2.45) is 5.41 Å². The predicted octanol–water partition coefficient (Wildman–Crippen LogP) is 2.62. The molecule has 114 valence electrons. The van der Waals surface area contributed by atoms with Gasteiger partial charge < -0.3 is 10.0 Å². The molecule has 21 heavy (non-hydrogen) atoms. The van der Waals surface area contributed by atoms with E-state index in [-0.39, 0.29) is 12.5 Å². The Hall–Kier alpha value is -1.62. The van der Waals surface area contributed by atoms with Crippen LogP contribution >= 0.6 is 11.6 Å². The highest BCUT2D eigenvalue weighted by Crippen LogP contribution is 2.31. The molecule has 2 heterocycles. The molecule has 1 fully saturated rings. The van der Waals surface area contributed by atoms with Gasteiger partial charge in [0.2, 0.25) is 0 Å². The molecular weight excluding hydrogens is 292 g/mol. The van der Waals surface area contributed by atoms with Crippen LogP contribution in [0.1, 0.15) is 42.7 Å². The summed E-state index contributed by atoms with van der Waals surface area (Å²) < 4.78 is 0. The Balaban J connectivity index is 2.19. The maximum atomic E-state index is 12.5. The van der Waals surface area contributed by atoms with Gasteiger partial charge in [-0.05, 0) is 31.9 Å². The van der Waals surface area contributed by atoms with Gasteiger partial charge in [0.1, 0.15) is 5.15 Å². The Bertz CT molecular complexity index is 576. The molecule has 1 N–H and O–H groups in total. The lowest BCUT2D eigenvalue weighted by Crippen LogP contribution is -2.34. The van der Waals surface area contributed by atoms with Gasteiger partial charge in [0.25, 0.3) is 5.91 Å². The number of hydrogen-bond donors (Lipinski definition) is 1. The van der Waals surface area contributed by atoms with Gasteiger partial charge in [-0.2, -0.15) is 0 Å². The molecule has 0 radical (unpaired) electrons. The van der Waals surface area contributed by atoms with Crippen LogP contribution in [0.25, 0.3) is 0 Å². The van der Waals surface area contributed by atoms with Gasteiger partial charge in [0.05, 0.1) is 5.41 Å². The van der Waals surface area contributed by atoms with E-state index in [1.165, 1.54) is 0 Å². The second-order valence-corrected chi connectivity index (χ2v) is 6.15. The summed E-state index contributed by atoms with van der Waals surface area (Å²) in [5, 5.41) is 9.53. The average Bonchev–Trinajstić information content (AvgIpc) is 2.82. The Morgan fingerprint density at radius 1 is 1.48 bits per heavy atom. The van der Waals surface area contributed by atoms with E-state index in [1.807, 2.05) is 6.92 Å². The summed E-state index contributed by atoms with van der Waals surface area (Å²) in [6.45, 7) is 4.38. The Kier molecular flexibility index (Phi) is 4.52. The van der Waals surface area contributed by atoms with Crippen LogP contribution in [-0.2, 0) is 11.2 Å². The Labute approximate surface area is 128 Å². The summed E-state index contributed by atoms with van der Waals surface area (Å²) in [5.74, 6) is -1.04. The first kappa shape index (κ1) is 15.8. The second-order valence-electron chi connectivity index (χ2n) is 5.76. The van der Waals surface area contributed by atoms with Crippen molar-refractivity contribution >= 4 is 23.5 Å². The van der Waals surface area contributed by atoms with Crippen molar-refractivity contribution in [3.8, 4) is 0 Å². The summed E-state index contributed by atoms with van der Waals surface area (Å²) in [5.41, 5.74) is 0.403. The number of aryl methyl sites for hydroxylation is 1. The number of carboxylic acid groups (broad SMARTS) is 1. The zero-order chi connectivity index (χ0) is 15.6. The fourth-order valence-corrected chi connectivity index (χ4v) is 2.78. The number of likely N-dealkylation sites (tertiary alicyclic amines) is 1. The molecule has 1 saturated heterocycles. The summed E-state index contributed by atoms with van der Waals surface area (Å²) in [6.07, 6.45) is 2.14. The maximum Gasteiger partial charge on any atom is 0.311 e. The number of rotatable bonds is 4. The Morgan fingerprint density at radius 3 is 2.76 bits per heavy atom. The first-order valence-electron chi connectivity index (χ1n) is 7.05. The molecule has 0 aromatic carbocycles. The Morgan fingerprint density at radius 2 is 2.19 bits per heavy atom. The normalized spacial score (nSPS) is 21.6. The fraction of sp³-hybridized carbons (Fsp3) is 0.533. The number of aliphatic carboxylic acids is 1. The number of halogens is 1. The van der Waals surface area contributed by atoms with Gasteiger partial charge in [-0.15, -0.1) is 0 Å². The topological polar surface area (TPSA) is 70.5 Å². The van der Waals surface area contributed by atoms with E-state index in [9.17, 15) is 14.7 Å². The van der Waals surface area contributed by atoms with Crippen molar-refractivity contribution in [2.45, 2.75) is 33.1 Å². The van der Waals surface area contributed by atoms with Crippen LogP contribution < -0.4 is 0 Å². The second kappa shape index (κ2) is 6.02. The standard InChI is InChI=1S/C15H19ClN2O3/c1-3-4-11-7-10(8-12(16)17-11)13(19)18-6-5-15(2,9-18)14(20)21/h7-8H,3-6,9H2,1-2H3,(H,20,21). The summed E-state index contributed by atoms with van der Waals surface area (Å²) in [4.78, 5) is 29.5. The monoisotopic (exact) mass is 310 g/mol. The van der Waals surface area contributed by atoms with E-state index in [1.54, 1.807) is 24.0 Å². The minimum atomic E-state index is -0.864. The molecule has 5 nitrogen and oxygen atoms in total. The molecule has 0 bridgehead atoms. The fourth-order valence-electron chi connectivity index (χ4n) is 2.55. The molecule has 1 amide bonds. The lowest BCUT2D eigenvalue weighted by molar-refractivity contribution is -0.147. The van der Waals surface area contributed by atoms with E-state index in [0.717, 1.165) is 18.5 Å². The van der Waals surface area contributed by atoms with E-state index in [4.69, 9.17) is 11.6 Å². The summed E-state index contributed by atoms with van der Waals surface area (Å²) >= 11 is 5.97. The number of amides is 1. The average molecular weight is 311 g/mol. The van der Waals surface area contributed by atoms with Crippen molar-refractivity contribution < 1.29 is 14.7 Å². The third-order valence-electron chi connectivity index (χ3n) is 3.88. The number of carbonyl (C=O) groups is 2. The molecule has 1 aromatic heterocycles. The van der Waals surface area contributed by atoms with Crippen LogP contribution in [0.2, 0.25) is 5.15 Å². The SMILES string of the molecule is CCCc1cc(C(=O)N2CCC(C)(C(=O)O)C2)cc(Cl)n1. The van der Waals surface area contributed by atoms with Crippen LogP contribution in [0.5, 0.6) is 0 Å². The molecule has 2 rings (SSSR count). The van der Waals surface area contributed by atoms with Crippen LogP contribution in [0.15, 0.2) is 12.1 Å². The molecule has 1 aliphatic heterocycles. The summed E-state index contributed by atoms with van der Waals surface area (Å²) in [7, 11) is 0. The third-order valence-corrected chi connectivity index (χ3v) is 4.07. The van der Waals surface area contributed by atoms with Gasteiger partial charge in [-0.1, -0.05) is 24.9 Å². The van der Waals surface area contributed by atoms with Gasteiger partial charge in [0.15, 0.2) is 0 Å². The van der Waals surface area contributed by atoms with Gasteiger partial charge in [0, 0.05) is 24.3 Å². The van der Waals surface area contributed by atoms with Crippen molar-refractivity contribution in [1.29, 1.82) is 0 Å². The quantitative estimate of drug-likeness (QED) is 0.868. The highest BCUT2D eigenvalue weighted by Gasteiger charge is 2.42. The molecule has 0 aliphatic carbocycles. The lowest BCUT2D eigenvalue weighted by Gasteiger charge is -2.20. The van der Waals surface area contributed by atoms with Gasteiger partial charge >= 0.3 is 5.97 Å². The van der Waals surface area contributed by atoms with E-state index < -0.39 is 11.4 Å². The molecule has 6 heteroatoms. The molecule has 0 spiro atoms. The lowest BCUT2D eigenvalue weighted by atomic mass is 9.90. The molecule has 1 aromatic rings. The number of pyridine rings is 1. The maximum absolute atomic E-state index is 12.5. The predicted molar refractivity (Wildman–Crippen MR) is 79.5 cm³/mol. The molecule has 1 unspecified atom stereocenters. The summed E-state index contributed by atoms with van der Waals surface area (Å²) in [6, 6.07) is 3.29. The van der Waals surface area contributed by atoms with Crippen molar-refractivity contribution in [3.05, 3.63) is 28.5 Å². The van der Waals surface area contributed by atoms with Crippen molar-refractivity contribution in [1.82, 2.24) is 9.88 Å². The van der Waals surface area contributed by atoms with Crippen LogP contribution in [0.4, 0.5) is 0 Å². The third kappa shape index (κ3) is 3.35. The minimum Gasteiger partial charge on any atom is -0.481 e. The number of carboxylic acids is 1. The molecule has 1 atom stereocenters. The van der Waals surface area contributed by atoms with Crippen molar-refractivity contribution in [2.75, 3.05) is 13.1 Å². The van der Waals surface area contributed by atoms with E-state index in [2.05, 4.69) is 4.98 Å². The molecule has 1 aliphatic rings. The number of carbonyl (C=O) groups excluding carboxylic acids is 1. The van der Waals surface area contributed by atoms with Gasteiger partial charge in [-0.3, -0.25) is 9.59 Å². The van der Waals surface area contributed by atoms with E-state index >= 15 is 0 Å². The van der Waals surface area contributed by atoms with Gasteiger partial charge in [-0.25, -0.2) is 4.98 Å². The molecular formula is C15H19ClN2O3. The zero-order valence-electron chi connectivity index (χ0n) is 12.2. The number of aromatic nitrogens is 1. The van der Waals surface area contributed by atoms with Crippen LogP contribution in [-0.4, -0.2) is 40.0 Å². The molecule has 0 saturated carbocycles. The smallest absolute Gasteiger partial charge is 0.311 e. The van der Waals surface area contributed by atoms with E-state index in [0.29, 0.717) is 23.7 Å². The first-order chi connectivity index (χ1) is 9.85. The van der Waals surface area contributed by atoms with Crippen LogP contribution in [0, 0.1) is 5.41 Å². The number of hydrogen-bond acceptors (Lipinski definition) is 3. The minimum absolute atomic E-state index is 0.179. The largest absolute Gasteiger partial charge is 0.481 e. The highest BCUT2D eigenvalue weighted by molar-refractivity contribution is 6.29. The number of nitrogens with zero attached hydrogens (tertiary/aromatic N) is 2. The first-order valence-corrected chi connectivity index (χ1v) is 7.42. The highest BCUT2D eigenvalue weighted by atomic mass is 35.5. The van der Waals surface area contributed by atoms with Crippen LogP contribution in [0.3, 0.4) is 0 Å². The van der Waals surface area contributed by atoms with Crippen molar-refractivity contribution in [3.63, 3.8) is 0 Å².